The van der Waals surface area contributed by atoms with Crippen molar-refractivity contribution in [3.63, 3.8) is 0 Å². The van der Waals surface area contributed by atoms with Gasteiger partial charge in [-0.1, -0.05) is 30.3 Å². The minimum absolute atomic E-state index is 0.00960. The lowest BCUT2D eigenvalue weighted by atomic mass is 10.1. The number of benzene rings is 2. The predicted octanol–water partition coefficient (Wildman–Crippen LogP) is 2.28. The molecule has 0 unspecified atom stereocenters. The van der Waals surface area contributed by atoms with Crippen LogP contribution in [0.1, 0.15) is 20.9 Å². The third-order valence-corrected chi connectivity index (χ3v) is 5.10. The summed E-state index contributed by atoms with van der Waals surface area (Å²) in [4.78, 5) is 40.2. The number of fused-ring (bicyclic) bond motifs is 1. The maximum atomic E-state index is 12.4. The molecule has 4 rings (SSSR count). The van der Waals surface area contributed by atoms with Crippen molar-refractivity contribution >= 4 is 28.6 Å². The molecule has 3 aromatic rings. The van der Waals surface area contributed by atoms with Crippen molar-refractivity contribution in [2.45, 2.75) is 0 Å². The number of carbonyl (C=O) groups is 3. The normalized spacial score (nSPS) is 14.0. The Hall–Kier alpha value is -3.81. The highest BCUT2D eigenvalue weighted by molar-refractivity contribution is 6.01. The second kappa shape index (κ2) is 8.28. The number of amides is 2. The molecule has 8 heteroatoms. The van der Waals surface area contributed by atoms with Gasteiger partial charge in [0.05, 0.1) is 6.26 Å². The molecule has 0 bridgehead atoms. The standard InChI is InChI=1S/C22H20N2O6/c25-19(23-9-11-24(12-10-23)21(27)18-6-3-13-29-18)14-30-22(28)17-8-7-15-4-1-2-5-16(15)20(17)26/h1-8,13,26H,9-12,14H2. The highest BCUT2D eigenvalue weighted by Gasteiger charge is 2.27. The molecule has 1 aliphatic rings. The van der Waals surface area contributed by atoms with Gasteiger partial charge in [0.1, 0.15) is 11.3 Å². The van der Waals surface area contributed by atoms with Crippen molar-refractivity contribution < 1.29 is 28.6 Å². The molecule has 0 aliphatic carbocycles. The van der Waals surface area contributed by atoms with Gasteiger partial charge in [-0.05, 0) is 23.6 Å². The zero-order valence-corrected chi connectivity index (χ0v) is 16.1. The molecule has 2 aromatic carbocycles. The molecule has 1 N–H and O–H groups in total. The summed E-state index contributed by atoms with van der Waals surface area (Å²) >= 11 is 0. The number of piperazine rings is 1. The van der Waals surface area contributed by atoms with Crippen LogP contribution in [0, 0.1) is 0 Å². The molecule has 2 amide bonds. The molecule has 2 heterocycles. The van der Waals surface area contributed by atoms with E-state index in [0.29, 0.717) is 31.6 Å². The van der Waals surface area contributed by atoms with Gasteiger partial charge in [-0.3, -0.25) is 9.59 Å². The third kappa shape index (κ3) is 3.84. The number of aromatic hydroxyl groups is 1. The number of rotatable bonds is 4. The number of phenols is 1. The first-order chi connectivity index (χ1) is 14.5. The molecular weight excluding hydrogens is 388 g/mol. The van der Waals surface area contributed by atoms with Crippen molar-refractivity contribution in [2.75, 3.05) is 32.8 Å². The molecule has 1 saturated heterocycles. The molecule has 0 spiro atoms. The smallest absolute Gasteiger partial charge is 0.342 e. The number of phenolic OH excluding ortho intramolecular Hbond substituents is 1. The molecular formula is C22H20N2O6. The lowest BCUT2D eigenvalue weighted by Crippen LogP contribution is -2.51. The fourth-order valence-electron chi connectivity index (χ4n) is 3.43. The van der Waals surface area contributed by atoms with Gasteiger partial charge in [-0.15, -0.1) is 0 Å². The van der Waals surface area contributed by atoms with Crippen LogP contribution in [-0.2, 0) is 9.53 Å². The first-order valence-corrected chi connectivity index (χ1v) is 9.53. The van der Waals surface area contributed by atoms with Crippen LogP contribution >= 0.6 is 0 Å². The van der Waals surface area contributed by atoms with Crippen molar-refractivity contribution in [2.24, 2.45) is 0 Å². The van der Waals surface area contributed by atoms with Gasteiger partial charge >= 0.3 is 5.97 Å². The highest BCUT2D eigenvalue weighted by Crippen LogP contribution is 2.29. The van der Waals surface area contributed by atoms with Gasteiger partial charge in [0, 0.05) is 31.6 Å². The lowest BCUT2D eigenvalue weighted by molar-refractivity contribution is -0.136. The number of esters is 1. The number of ether oxygens (including phenoxy) is 1. The highest BCUT2D eigenvalue weighted by atomic mass is 16.5. The largest absolute Gasteiger partial charge is 0.506 e. The third-order valence-electron chi connectivity index (χ3n) is 5.10. The first kappa shape index (κ1) is 19.5. The first-order valence-electron chi connectivity index (χ1n) is 9.53. The van der Waals surface area contributed by atoms with E-state index in [-0.39, 0.29) is 28.9 Å². The Morgan fingerprint density at radius 3 is 2.40 bits per heavy atom. The fraction of sp³-hybridized carbons (Fsp3) is 0.227. The van der Waals surface area contributed by atoms with Gasteiger partial charge in [0.25, 0.3) is 11.8 Å². The summed E-state index contributed by atoms with van der Waals surface area (Å²) in [5.74, 6) is -1.24. The number of hydrogen-bond donors (Lipinski definition) is 1. The Labute approximate surface area is 172 Å². The van der Waals surface area contributed by atoms with Crippen LogP contribution in [0.3, 0.4) is 0 Å². The maximum absolute atomic E-state index is 12.4. The SMILES string of the molecule is O=C(OCC(=O)N1CCN(C(=O)c2ccco2)CC1)c1ccc2ccccc2c1O. The van der Waals surface area contributed by atoms with Crippen molar-refractivity contribution in [1.29, 1.82) is 0 Å². The average Bonchev–Trinajstić information content (AvgIpc) is 3.32. The quantitative estimate of drug-likeness (QED) is 0.665. The Morgan fingerprint density at radius 1 is 0.933 bits per heavy atom. The number of furan rings is 1. The second-order valence-electron chi connectivity index (χ2n) is 6.91. The maximum Gasteiger partial charge on any atom is 0.342 e. The van der Waals surface area contributed by atoms with E-state index in [1.54, 1.807) is 40.1 Å². The molecule has 1 aliphatic heterocycles. The van der Waals surface area contributed by atoms with E-state index in [9.17, 15) is 19.5 Å². The molecule has 0 radical (unpaired) electrons. The van der Waals surface area contributed by atoms with Crippen LogP contribution in [0.2, 0.25) is 0 Å². The van der Waals surface area contributed by atoms with Crippen molar-refractivity contribution in [3.05, 3.63) is 66.1 Å². The van der Waals surface area contributed by atoms with E-state index in [2.05, 4.69) is 0 Å². The van der Waals surface area contributed by atoms with Crippen LogP contribution in [0.4, 0.5) is 0 Å². The Balaban J connectivity index is 1.31. The molecule has 154 valence electrons. The lowest BCUT2D eigenvalue weighted by Gasteiger charge is -2.34. The summed E-state index contributed by atoms with van der Waals surface area (Å²) in [6.45, 7) is 0.973. The Morgan fingerprint density at radius 2 is 1.67 bits per heavy atom. The van der Waals surface area contributed by atoms with E-state index in [0.717, 1.165) is 5.39 Å². The van der Waals surface area contributed by atoms with Gasteiger partial charge in [0.2, 0.25) is 0 Å². The van der Waals surface area contributed by atoms with Gasteiger partial charge in [-0.2, -0.15) is 0 Å². The Kier molecular flexibility index (Phi) is 5.38. The molecule has 8 nitrogen and oxygen atoms in total. The molecule has 1 aromatic heterocycles. The van der Waals surface area contributed by atoms with E-state index >= 15 is 0 Å². The van der Waals surface area contributed by atoms with E-state index < -0.39 is 12.6 Å². The Bertz CT molecular complexity index is 1080. The number of nitrogens with zero attached hydrogens (tertiary/aromatic N) is 2. The summed E-state index contributed by atoms with van der Waals surface area (Å²) < 4.78 is 10.2. The second-order valence-corrected chi connectivity index (χ2v) is 6.91. The van der Waals surface area contributed by atoms with Crippen molar-refractivity contribution in [1.82, 2.24) is 9.80 Å². The minimum Gasteiger partial charge on any atom is -0.506 e. The minimum atomic E-state index is -0.766. The topological polar surface area (TPSA) is 100 Å². The molecule has 0 saturated carbocycles. The van der Waals surface area contributed by atoms with Crippen LogP contribution in [0.25, 0.3) is 10.8 Å². The van der Waals surface area contributed by atoms with Crippen LogP contribution in [0.5, 0.6) is 5.75 Å². The molecule has 1 fully saturated rings. The zero-order valence-electron chi connectivity index (χ0n) is 16.1. The summed E-state index contributed by atoms with van der Waals surface area (Å²) in [6.07, 6.45) is 1.44. The number of carbonyl (C=O) groups excluding carboxylic acids is 3. The average molecular weight is 408 g/mol. The summed E-state index contributed by atoms with van der Waals surface area (Å²) in [5, 5.41) is 11.7. The summed E-state index contributed by atoms with van der Waals surface area (Å²) in [5.41, 5.74) is 0.00960. The van der Waals surface area contributed by atoms with Gasteiger partial charge < -0.3 is 24.1 Å². The van der Waals surface area contributed by atoms with Crippen LogP contribution in [-0.4, -0.2) is 65.5 Å². The summed E-state index contributed by atoms with van der Waals surface area (Å²) in [6, 6.07) is 13.6. The monoisotopic (exact) mass is 408 g/mol. The van der Waals surface area contributed by atoms with Gasteiger partial charge in [-0.25, -0.2) is 4.79 Å². The van der Waals surface area contributed by atoms with Crippen LogP contribution in [0.15, 0.2) is 59.2 Å². The molecule has 0 atom stereocenters. The zero-order chi connectivity index (χ0) is 21.1. The summed E-state index contributed by atoms with van der Waals surface area (Å²) in [7, 11) is 0. The van der Waals surface area contributed by atoms with E-state index in [1.165, 1.54) is 12.3 Å². The predicted molar refractivity (Wildman–Crippen MR) is 107 cm³/mol. The van der Waals surface area contributed by atoms with Crippen LogP contribution < -0.4 is 0 Å². The van der Waals surface area contributed by atoms with Gasteiger partial charge in [0.15, 0.2) is 12.4 Å². The fourth-order valence-corrected chi connectivity index (χ4v) is 3.43. The number of hydrogen-bond acceptors (Lipinski definition) is 6. The van der Waals surface area contributed by atoms with E-state index in [1.807, 2.05) is 12.1 Å². The molecule has 30 heavy (non-hydrogen) atoms. The van der Waals surface area contributed by atoms with E-state index in [4.69, 9.17) is 9.15 Å². The van der Waals surface area contributed by atoms with Crippen molar-refractivity contribution in [3.8, 4) is 5.75 Å².